The fourth-order valence-corrected chi connectivity index (χ4v) is 8.73. The summed E-state index contributed by atoms with van der Waals surface area (Å²) in [6.45, 7) is 0. The normalized spacial score (nSPS) is 12.1. The van der Waals surface area contributed by atoms with Crippen molar-refractivity contribution in [3.05, 3.63) is 84.3 Å². The van der Waals surface area contributed by atoms with Crippen molar-refractivity contribution in [1.29, 1.82) is 0 Å². The Morgan fingerprint density at radius 2 is 1.56 bits per heavy atom. The Kier molecular flexibility index (Phi) is 5.14. The van der Waals surface area contributed by atoms with Gasteiger partial charge in [-0.3, -0.25) is 0 Å². The molecule has 0 atom stereocenters. The zero-order chi connectivity index (χ0) is 22.6. The molecule has 160 valence electrons. The summed E-state index contributed by atoms with van der Waals surface area (Å²) in [6, 6.07) is 18.0. The van der Waals surface area contributed by atoms with E-state index < -0.39 is 30.7 Å². The molecule has 0 spiro atoms. The zero-order valence-electron chi connectivity index (χ0n) is 17.8. The summed E-state index contributed by atoms with van der Waals surface area (Å²) in [6.07, 6.45) is 1.71. The molecule has 32 heavy (non-hydrogen) atoms. The molecule has 5 aromatic rings. The van der Waals surface area contributed by atoms with Gasteiger partial charge in [0, 0.05) is 0 Å². The number of nitrogens with zero attached hydrogens (tertiary/aromatic N) is 1. The first-order chi connectivity index (χ1) is 15.2. The number of hydrogen-bond donors (Lipinski definition) is 0. The summed E-state index contributed by atoms with van der Waals surface area (Å²) in [7, 11) is 0. The van der Waals surface area contributed by atoms with Gasteiger partial charge in [0.2, 0.25) is 0 Å². The summed E-state index contributed by atoms with van der Waals surface area (Å²) in [5.41, 5.74) is 1.43. The molecule has 0 unspecified atom stereocenters. The van der Waals surface area contributed by atoms with Crippen LogP contribution in [0.15, 0.2) is 66.9 Å². The van der Waals surface area contributed by atoms with E-state index >= 15 is 0 Å². The van der Waals surface area contributed by atoms with Crippen LogP contribution in [0.4, 0.5) is 13.2 Å². The molecule has 0 aliphatic rings. The second-order valence-corrected chi connectivity index (χ2v) is 20.5. The molecule has 3 aromatic carbocycles. The quantitative estimate of drug-likeness (QED) is 0.180. The van der Waals surface area contributed by atoms with E-state index in [0.29, 0.717) is 4.88 Å². The SMILES string of the molecule is [CH3][Ge]([CH3])([CH3])[c]1cc(-c2nccc3cc(-c4c(F)ccc(F)c4F)sc23)cc2ccccc12. The summed E-state index contributed by atoms with van der Waals surface area (Å²) in [5, 5.41) is 3.25. The first kappa shape index (κ1) is 21.2. The van der Waals surface area contributed by atoms with Crippen LogP contribution in [0.1, 0.15) is 0 Å². The van der Waals surface area contributed by atoms with Crippen LogP contribution < -0.4 is 4.40 Å². The molecule has 0 saturated heterocycles. The monoisotopic (exact) mass is 509 g/mol. The fraction of sp³-hybridized carbons (Fsp3) is 0.115. The average molecular weight is 508 g/mol. The van der Waals surface area contributed by atoms with E-state index in [1.807, 2.05) is 12.1 Å². The molecule has 2 heterocycles. The first-order valence-electron chi connectivity index (χ1n) is 10.3. The van der Waals surface area contributed by atoms with Gasteiger partial charge < -0.3 is 0 Å². The Labute approximate surface area is 190 Å². The van der Waals surface area contributed by atoms with Crippen molar-refractivity contribution in [3.8, 4) is 21.7 Å². The minimum absolute atomic E-state index is 0.332. The Hall–Kier alpha value is -2.64. The van der Waals surface area contributed by atoms with E-state index in [9.17, 15) is 13.2 Å². The van der Waals surface area contributed by atoms with Gasteiger partial charge in [0.1, 0.15) is 0 Å². The van der Waals surface area contributed by atoms with Crippen molar-refractivity contribution in [1.82, 2.24) is 4.98 Å². The molecule has 0 bridgehead atoms. The fourth-order valence-electron chi connectivity index (χ4n) is 4.11. The molecule has 0 aliphatic heterocycles. The van der Waals surface area contributed by atoms with Crippen LogP contribution in [-0.4, -0.2) is 18.3 Å². The summed E-state index contributed by atoms with van der Waals surface area (Å²) >= 11 is -0.982. The Morgan fingerprint density at radius 1 is 0.812 bits per heavy atom. The van der Waals surface area contributed by atoms with Crippen LogP contribution >= 0.6 is 11.3 Å². The van der Waals surface area contributed by atoms with Gasteiger partial charge in [-0.1, -0.05) is 0 Å². The molecule has 1 nitrogen and oxygen atoms in total. The van der Waals surface area contributed by atoms with Crippen molar-refractivity contribution in [2.24, 2.45) is 0 Å². The summed E-state index contributed by atoms with van der Waals surface area (Å²) in [4.78, 5) is 4.99. The van der Waals surface area contributed by atoms with Gasteiger partial charge in [0.15, 0.2) is 0 Å². The van der Waals surface area contributed by atoms with Crippen LogP contribution in [0.2, 0.25) is 17.3 Å². The third kappa shape index (κ3) is 3.53. The predicted octanol–water partition coefficient (Wildman–Crippen LogP) is 7.75. The van der Waals surface area contributed by atoms with E-state index in [1.165, 1.54) is 21.1 Å². The first-order valence-corrected chi connectivity index (χ1v) is 18.5. The number of pyridine rings is 1. The van der Waals surface area contributed by atoms with E-state index in [4.69, 9.17) is 0 Å². The molecule has 0 saturated carbocycles. The number of hydrogen-bond acceptors (Lipinski definition) is 2. The van der Waals surface area contributed by atoms with Gasteiger partial charge in [0.05, 0.1) is 0 Å². The molecule has 0 aliphatic carbocycles. The Morgan fingerprint density at radius 3 is 2.34 bits per heavy atom. The van der Waals surface area contributed by atoms with E-state index in [0.717, 1.165) is 38.9 Å². The molecule has 2 aromatic heterocycles. The number of rotatable bonds is 3. The maximum absolute atomic E-state index is 14.4. The molecule has 0 radical (unpaired) electrons. The maximum atomic E-state index is 14.4. The molecular formula is C26H20F3GeNS. The van der Waals surface area contributed by atoms with E-state index in [-0.39, 0.29) is 5.56 Å². The van der Waals surface area contributed by atoms with E-state index in [1.54, 1.807) is 12.3 Å². The molecule has 6 heteroatoms. The average Bonchev–Trinajstić information content (AvgIpc) is 3.19. The molecule has 5 rings (SSSR count). The predicted molar refractivity (Wildman–Crippen MR) is 131 cm³/mol. The van der Waals surface area contributed by atoms with Crippen molar-refractivity contribution in [2.75, 3.05) is 0 Å². The molecule has 0 amide bonds. The van der Waals surface area contributed by atoms with Crippen molar-refractivity contribution in [2.45, 2.75) is 17.3 Å². The molecular weight excluding hydrogens is 488 g/mol. The third-order valence-electron chi connectivity index (χ3n) is 5.67. The van der Waals surface area contributed by atoms with Crippen LogP contribution in [0.25, 0.3) is 42.6 Å². The second kappa shape index (κ2) is 7.75. The van der Waals surface area contributed by atoms with Gasteiger partial charge >= 0.3 is 191 Å². The number of fused-ring (bicyclic) bond motifs is 2. The van der Waals surface area contributed by atoms with Crippen LogP contribution in [0.5, 0.6) is 0 Å². The van der Waals surface area contributed by atoms with Crippen molar-refractivity contribution in [3.63, 3.8) is 0 Å². The molecule has 0 fully saturated rings. The van der Waals surface area contributed by atoms with Crippen molar-refractivity contribution < 1.29 is 13.2 Å². The van der Waals surface area contributed by atoms with Crippen LogP contribution in [-0.2, 0) is 0 Å². The standard InChI is InChI=1S/C26H20F3GeNS/c1-30(2,3)21-13-17(12-15-6-4-5-7-18(15)21)25-26-16(10-11-31-25)14-22(32-26)23-19(27)8-9-20(28)24(23)29/h4-14H,1-3H3. The molecule has 0 N–H and O–H groups in total. The van der Waals surface area contributed by atoms with E-state index in [2.05, 4.69) is 52.6 Å². The van der Waals surface area contributed by atoms with Crippen LogP contribution in [0.3, 0.4) is 0 Å². The summed E-state index contributed by atoms with van der Waals surface area (Å²) < 4.78 is 44.9. The zero-order valence-corrected chi connectivity index (χ0v) is 20.8. The van der Waals surface area contributed by atoms with Crippen LogP contribution in [0, 0.1) is 17.5 Å². The number of halogens is 3. The Bertz CT molecular complexity index is 1500. The summed E-state index contributed by atoms with van der Waals surface area (Å²) in [5.74, 6) is 4.07. The third-order valence-corrected chi connectivity index (χ3v) is 11.1. The Balaban J connectivity index is 1.77. The van der Waals surface area contributed by atoms with Gasteiger partial charge in [0.25, 0.3) is 0 Å². The number of benzene rings is 3. The topological polar surface area (TPSA) is 12.9 Å². The number of aromatic nitrogens is 1. The second-order valence-electron chi connectivity index (χ2n) is 8.90. The minimum atomic E-state index is -2.22. The van der Waals surface area contributed by atoms with Crippen molar-refractivity contribution >= 4 is 49.9 Å². The number of thiophene rings is 1. The van der Waals surface area contributed by atoms with Gasteiger partial charge in [-0.05, 0) is 0 Å². The van der Waals surface area contributed by atoms with Gasteiger partial charge in [-0.25, -0.2) is 0 Å². The van der Waals surface area contributed by atoms with Gasteiger partial charge in [-0.2, -0.15) is 0 Å². The van der Waals surface area contributed by atoms with Gasteiger partial charge in [-0.15, -0.1) is 0 Å².